The molecule has 0 amide bonds. The first-order valence-corrected chi connectivity index (χ1v) is 8.86. The fraction of sp³-hybridized carbons (Fsp3) is 0.611. The molecule has 2 aliphatic rings. The van der Waals surface area contributed by atoms with Gasteiger partial charge in [0.1, 0.15) is 5.82 Å². The Morgan fingerprint density at radius 1 is 1.17 bits per heavy atom. The van der Waals surface area contributed by atoms with Crippen LogP contribution in [0.15, 0.2) is 29.3 Å². The van der Waals surface area contributed by atoms with Crippen molar-refractivity contribution in [2.75, 3.05) is 57.8 Å². The Bertz CT molecular complexity index is 551. The third kappa shape index (κ3) is 4.38. The lowest BCUT2D eigenvalue weighted by molar-refractivity contribution is 0.214. The zero-order valence-electron chi connectivity index (χ0n) is 14.5. The molecule has 0 radical (unpaired) electrons. The summed E-state index contributed by atoms with van der Waals surface area (Å²) in [6.45, 7) is 6.63. The Hall–Kier alpha value is -1.82. The highest BCUT2D eigenvalue weighted by molar-refractivity contribution is 5.78. The van der Waals surface area contributed by atoms with Crippen molar-refractivity contribution in [2.24, 2.45) is 16.6 Å². The predicted octanol–water partition coefficient (Wildman–Crippen LogP) is 1.60. The minimum Gasteiger partial charge on any atom is -0.370 e. The maximum atomic E-state index is 13.0. The van der Waals surface area contributed by atoms with E-state index in [2.05, 4.69) is 26.7 Å². The van der Waals surface area contributed by atoms with E-state index in [1.807, 2.05) is 12.1 Å². The van der Waals surface area contributed by atoms with Crippen LogP contribution in [0.4, 0.5) is 10.1 Å². The standard InChI is InChI=1S/C18H28FN5/c1-22-8-2-3-15(14-22)13-21-18(20)24-11-9-23(10-12-24)17-6-4-16(19)5-7-17/h4-7,15H,2-3,8-14H2,1H3,(H2,20,21)/t15-/m1/s1. The number of hydrogen-bond acceptors (Lipinski definition) is 3. The second kappa shape index (κ2) is 7.83. The topological polar surface area (TPSA) is 48.1 Å². The molecule has 0 spiro atoms. The van der Waals surface area contributed by atoms with Crippen molar-refractivity contribution in [1.82, 2.24) is 9.80 Å². The van der Waals surface area contributed by atoms with Crippen molar-refractivity contribution in [3.63, 3.8) is 0 Å². The highest BCUT2D eigenvalue weighted by atomic mass is 19.1. The Balaban J connectivity index is 1.48. The number of nitrogens with zero attached hydrogens (tertiary/aromatic N) is 4. The van der Waals surface area contributed by atoms with E-state index in [0.717, 1.165) is 45.0 Å². The summed E-state index contributed by atoms with van der Waals surface area (Å²) in [5.41, 5.74) is 7.26. The molecule has 1 aromatic rings. The van der Waals surface area contributed by atoms with Gasteiger partial charge in [-0.15, -0.1) is 0 Å². The second-order valence-electron chi connectivity index (χ2n) is 6.92. The van der Waals surface area contributed by atoms with Crippen molar-refractivity contribution in [3.05, 3.63) is 30.1 Å². The van der Waals surface area contributed by atoms with Gasteiger partial charge in [-0.25, -0.2) is 4.39 Å². The largest absolute Gasteiger partial charge is 0.370 e. The van der Waals surface area contributed by atoms with Crippen LogP contribution in [0.1, 0.15) is 12.8 Å². The highest BCUT2D eigenvalue weighted by Gasteiger charge is 2.20. The smallest absolute Gasteiger partial charge is 0.191 e. The summed E-state index contributed by atoms with van der Waals surface area (Å²) in [4.78, 5) is 11.4. The molecule has 1 aromatic carbocycles. The highest BCUT2D eigenvalue weighted by Crippen LogP contribution is 2.17. The maximum Gasteiger partial charge on any atom is 0.191 e. The molecule has 3 rings (SSSR count). The van der Waals surface area contributed by atoms with E-state index >= 15 is 0 Å². The average Bonchev–Trinajstić information content (AvgIpc) is 2.61. The number of halogens is 1. The van der Waals surface area contributed by atoms with Crippen molar-refractivity contribution >= 4 is 11.6 Å². The van der Waals surface area contributed by atoms with Gasteiger partial charge in [0.05, 0.1) is 0 Å². The van der Waals surface area contributed by atoms with Gasteiger partial charge in [-0.3, -0.25) is 4.99 Å². The zero-order valence-corrected chi connectivity index (χ0v) is 14.5. The fourth-order valence-corrected chi connectivity index (χ4v) is 3.59. The number of anilines is 1. The molecule has 0 unspecified atom stereocenters. The molecular formula is C18H28FN5. The monoisotopic (exact) mass is 333 g/mol. The summed E-state index contributed by atoms with van der Waals surface area (Å²) in [7, 11) is 2.17. The van der Waals surface area contributed by atoms with Crippen molar-refractivity contribution in [2.45, 2.75) is 12.8 Å². The van der Waals surface area contributed by atoms with E-state index in [-0.39, 0.29) is 5.82 Å². The molecule has 24 heavy (non-hydrogen) atoms. The maximum absolute atomic E-state index is 13.0. The lowest BCUT2D eigenvalue weighted by Gasteiger charge is -2.37. The molecule has 2 fully saturated rings. The number of piperidine rings is 1. The van der Waals surface area contributed by atoms with E-state index in [9.17, 15) is 4.39 Å². The van der Waals surface area contributed by atoms with Crippen LogP contribution in [-0.4, -0.2) is 68.6 Å². The van der Waals surface area contributed by atoms with E-state index in [1.165, 1.54) is 31.5 Å². The minimum atomic E-state index is -0.192. The Morgan fingerprint density at radius 3 is 2.54 bits per heavy atom. The number of aliphatic imine (C=N–C) groups is 1. The number of rotatable bonds is 3. The molecule has 0 aromatic heterocycles. The molecular weight excluding hydrogens is 305 g/mol. The van der Waals surface area contributed by atoms with Gasteiger partial charge in [0.15, 0.2) is 5.96 Å². The number of guanidine groups is 1. The van der Waals surface area contributed by atoms with Gasteiger partial charge in [-0.05, 0) is 56.6 Å². The normalized spacial score (nSPS) is 23.6. The minimum absolute atomic E-state index is 0.192. The zero-order chi connectivity index (χ0) is 16.9. The van der Waals surface area contributed by atoms with Gasteiger partial charge in [-0.1, -0.05) is 0 Å². The summed E-state index contributed by atoms with van der Waals surface area (Å²) in [6.07, 6.45) is 2.51. The predicted molar refractivity (Wildman–Crippen MR) is 96.9 cm³/mol. The summed E-state index contributed by atoms with van der Waals surface area (Å²) < 4.78 is 13.0. The molecule has 5 nitrogen and oxygen atoms in total. The number of hydrogen-bond donors (Lipinski definition) is 1. The lowest BCUT2D eigenvalue weighted by Crippen LogP contribution is -2.51. The summed E-state index contributed by atoms with van der Waals surface area (Å²) in [6, 6.07) is 6.70. The summed E-state index contributed by atoms with van der Waals surface area (Å²) in [5, 5.41) is 0. The van der Waals surface area contributed by atoms with Crippen LogP contribution < -0.4 is 10.6 Å². The summed E-state index contributed by atoms with van der Waals surface area (Å²) in [5.74, 6) is 1.10. The lowest BCUT2D eigenvalue weighted by atomic mass is 9.99. The third-order valence-electron chi connectivity index (χ3n) is 5.03. The van der Waals surface area contributed by atoms with Crippen molar-refractivity contribution in [1.29, 1.82) is 0 Å². The first kappa shape index (κ1) is 17.0. The van der Waals surface area contributed by atoms with Gasteiger partial charge >= 0.3 is 0 Å². The average molecular weight is 333 g/mol. The van der Waals surface area contributed by atoms with Gasteiger partial charge in [0, 0.05) is 45.0 Å². The number of nitrogens with two attached hydrogens (primary N) is 1. The molecule has 2 heterocycles. The van der Waals surface area contributed by atoms with E-state index in [4.69, 9.17) is 5.73 Å². The van der Waals surface area contributed by atoms with Crippen LogP contribution in [0, 0.1) is 11.7 Å². The van der Waals surface area contributed by atoms with Crippen LogP contribution in [0.3, 0.4) is 0 Å². The second-order valence-corrected chi connectivity index (χ2v) is 6.92. The SMILES string of the molecule is CN1CCC[C@H](CN=C(N)N2CCN(c3ccc(F)cc3)CC2)C1. The van der Waals surface area contributed by atoms with Crippen LogP contribution in [-0.2, 0) is 0 Å². The van der Waals surface area contributed by atoms with Crippen molar-refractivity contribution < 1.29 is 4.39 Å². The first-order chi connectivity index (χ1) is 11.6. The van der Waals surface area contributed by atoms with Gasteiger partial charge < -0.3 is 20.4 Å². The van der Waals surface area contributed by atoms with E-state index in [0.29, 0.717) is 11.9 Å². The Morgan fingerprint density at radius 2 is 1.88 bits per heavy atom. The van der Waals surface area contributed by atoms with Crippen LogP contribution in [0.5, 0.6) is 0 Å². The molecule has 132 valence electrons. The van der Waals surface area contributed by atoms with Crippen LogP contribution in [0.2, 0.25) is 0 Å². The molecule has 1 atom stereocenters. The number of benzene rings is 1. The third-order valence-corrected chi connectivity index (χ3v) is 5.03. The van der Waals surface area contributed by atoms with Crippen LogP contribution >= 0.6 is 0 Å². The molecule has 2 N–H and O–H groups in total. The van der Waals surface area contributed by atoms with Crippen molar-refractivity contribution in [3.8, 4) is 0 Å². The van der Waals surface area contributed by atoms with Gasteiger partial charge in [0.25, 0.3) is 0 Å². The molecule has 2 saturated heterocycles. The number of likely N-dealkylation sites (tertiary alicyclic amines) is 1. The van der Waals surface area contributed by atoms with Gasteiger partial charge in [0.2, 0.25) is 0 Å². The molecule has 6 heteroatoms. The molecule has 0 bridgehead atoms. The Labute approximate surface area is 143 Å². The van der Waals surface area contributed by atoms with Crippen LogP contribution in [0.25, 0.3) is 0 Å². The van der Waals surface area contributed by atoms with E-state index < -0.39 is 0 Å². The molecule has 2 aliphatic heterocycles. The summed E-state index contributed by atoms with van der Waals surface area (Å²) >= 11 is 0. The van der Waals surface area contributed by atoms with Gasteiger partial charge in [-0.2, -0.15) is 0 Å². The fourth-order valence-electron chi connectivity index (χ4n) is 3.59. The quantitative estimate of drug-likeness (QED) is 0.674. The number of piperazine rings is 1. The van der Waals surface area contributed by atoms with E-state index in [1.54, 1.807) is 0 Å². The molecule has 0 aliphatic carbocycles. The first-order valence-electron chi connectivity index (χ1n) is 8.86. The molecule has 0 saturated carbocycles. The Kier molecular flexibility index (Phi) is 5.56.